The molecule has 3 aromatic rings. The monoisotopic (exact) mass is 368 g/mol. The van der Waals surface area contributed by atoms with E-state index in [1.54, 1.807) is 31.4 Å². The Morgan fingerprint density at radius 2 is 1.56 bits per heavy atom. The first kappa shape index (κ1) is 18.4. The number of benzene rings is 3. The van der Waals surface area contributed by atoms with Crippen LogP contribution in [0.3, 0.4) is 0 Å². The van der Waals surface area contributed by atoms with E-state index in [1.807, 2.05) is 12.1 Å². The lowest BCUT2D eigenvalue weighted by atomic mass is 10.0. The Bertz CT molecular complexity index is 1010. The molecule has 0 bridgehead atoms. The average Bonchev–Trinajstić information content (AvgIpc) is 2.70. The first-order valence-corrected chi connectivity index (χ1v) is 8.14. The van der Waals surface area contributed by atoms with Gasteiger partial charge in [-0.2, -0.15) is 0 Å². The number of hydrogen-bond donors (Lipinski definition) is 0. The third-order valence-corrected chi connectivity index (χ3v) is 4.13. The summed E-state index contributed by atoms with van der Waals surface area (Å²) < 4.78 is 29.0. The van der Waals surface area contributed by atoms with Gasteiger partial charge in [0, 0.05) is 10.9 Å². The number of methoxy groups -OCH3 is 2. The Hall–Kier alpha value is -3.41. The fourth-order valence-electron chi connectivity index (χ4n) is 2.76. The standard InChI is InChI=1S/C21H17FO5/c1-25-19-10-8-16(14-5-3-4-6-15(14)19)21(24)27-12-18(23)13-7-9-20(26-2)17(22)11-13/h3-11H,12H2,1-2H3. The number of esters is 1. The van der Waals surface area contributed by atoms with Gasteiger partial charge in [0.2, 0.25) is 0 Å². The van der Waals surface area contributed by atoms with E-state index in [9.17, 15) is 14.0 Å². The van der Waals surface area contributed by atoms with Gasteiger partial charge in [0.1, 0.15) is 5.75 Å². The number of halogens is 1. The first-order chi connectivity index (χ1) is 13.0. The molecule has 0 saturated heterocycles. The van der Waals surface area contributed by atoms with E-state index in [4.69, 9.17) is 14.2 Å². The van der Waals surface area contributed by atoms with Crippen molar-refractivity contribution in [2.45, 2.75) is 0 Å². The zero-order chi connectivity index (χ0) is 19.4. The van der Waals surface area contributed by atoms with E-state index in [0.29, 0.717) is 16.7 Å². The smallest absolute Gasteiger partial charge is 0.339 e. The summed E-state index contributed by atoms with van der Waals surface area (Å²) >= 11 is 0. The molecule has 0 aromatic heterocycles. The van der Waals surface area contributed by atoms with E-state index < -0.39 is 24.2 Å². The maximum absolute atomic E-state index is 13.7. The summed E-state index contributed by atoms with van der Waals surface area (Å²) in [7, 11) is 2.88. The van der Waals surface area contributed by atoms with E-state index in [-0.39, 0.29) is 11.3 Å². The summed E-state index contributed by atoms with van der Waals surface area (Å²) in [5.74, 6) is -1.14. The van der Waals surface area contributed by atoms with Crippen molar-refractivity contribution >= 4 is 22.5 Å². The van der Waals surface area contributed by atoms with Gasteiger partial charge in [-0.3, -0.25) is 4.79 Å². The lowest BCUT2D eigenvalue weighted by Gasteiger charge is -2.10. The van der Waals surface area contributed by atoms with Crippen molar-refractivity contribution in [2.24, 2.45) is 0 Å². The molecule has 6 heteroatoms. The van der Waals surface area contributed by atoms with Crippen LogP contribution in [-0.2, 0) is 4.74 Å². The van der Waals surface area contributed by atoms with Gasteiger partial charge in [0.25, 0.3) is 0 Å². The van der Waals surface area contributed by atoms with Crippen molar-refractivity contribution in [2.75, 3.05) is 20.8 Å². The van der Waals surface area contributed by atoms with Crippen molar-refractivity contribution in [1.82, 2.24) is 0 Å². The van der Waals surface area contributed by atoms with Crippen LogP contribution < -0.4 is 9.47 Å². The molecular formula is C21H17FO5. The Morgan fingerprint density at radius 3 is 2.22 bits per heavy atom. The second-order valence-corrected chi connectivity index (χ2v) is 5.71. The third kappa shape index (κ3) is 3.74. The lowest BCUT2D eigenvalue weighted by molar-refractivity contribution is 0.0476. The molecule has 0 heterocycles. The molecule has 0 saturated carbocycles. The Labute approximate surface area is 155 Å². The minimum absolute atomic E-state index is 0.0354. The third-order valence-electron chi connectivity index (χ3n) is 4.13. The van der Waals surface area contributed by atoms with Gasteiger partial charge < -0.3 is 14.2 Å². The highest BCUT2D eigenvalue weighted by atomic mass is 19.1. The van der Waals surface area contributed by atoms with Crippen molar-refractivity contribution in [3.05, 3.63) is 71.5 Å². The van der Waals surface area contributed by atoms with Crippen molar-refractivity contribution in [3.63, 3.8) is 0 Å². The van der Waals surface area contributed by atoms with Crippen LogP contribution in [0.4, 0.5) is 4.39 Å². The topological polar surface area (TPSA) is 61.8 Å². The summed E-state index contributed by atoms with van der Waals surface area (Å²) in [6.07, 6.45) is 0. The van der Waals surface area contributed by atoms with Crippen LogP contribution in [0.15, 0.2) is 54.6 Å². The van der Waals surface area contributed by atoms with Crippen LogP contribution in [0.1, 0.15) is 20.7 Å². The molecule has 3 rings (SSSR count). The summed E-state index contributed by atoms with van der Waals surface area (Å²) in [5, 5.41) is 1.42. The maximum atomic E-state index is 13.7. The number of fused-ring (bicyclic) bond motifs is 1. The van der Waals surface area contributed by atoms with E-state index in [0.717, 1.165) is 11.5 Å². The van der Waals surface area contributed by atoms with Gasteiger partial charge in [-0.25, -0.2) is 9.18 Å². The van der Waals surface area contributed by atoms with Crippen LogP contribution in [-0.4, -0.2) is 32.6 Å². The summed E-state index contributed by atoms with van der Waals surface area (Å²) in [4.78, 5) is 24.6. The van der Waals surface area contributed by atoms with Crippen molar-refractivity contribution in [1.29, 1.82) is 0 Å². The van der Waals surface area contributed by atoms with Gasteiger partial charge >= 0.3 is 5.97 Å². The predicted molar refractivity (Wildman–Crippen MR) is 98.1 cm³/mol. The number of Topliss-reactive ketones (excluding diaryl/α,β-unsaturated/α-hetero) is 1. The molecule has 3 aromatic carbocycles. The molecule has 0 atom stereocenters. The molecule has 0 spiro atoms. The fraction of sp³-hybridized carbons (Fsp3) is 0.143. The van der Waals surface area contributed by atoms with Crippen LogP contribution in [0.5, 0.6) is 11.5 Å². The number of ether oxygens (including phenoxy) is 3. The highest BCUT2D eigenvalue weighted by molar-refractivity contribution is 6.07. The SMILES string of the molecule is COc1ccc(C(=O)COC(=O)c2ccc(OC)c3ccccc23)cc1F. The molecule has 0 aliphatic heterocycles. The first-order valence-electron chi connectivity index (χ1n) is 8.14. The second kappa shape index (κ2) is 7.86. The molecule has 5 nitrogen and oxygen atoms in total. The van der Waals surface area contributed by atoms with Crippen LogP contribution in [0.2, 0.25) is 0 Å². The van der Waals surface area contributed by atoms with Crippen LogP contribution in [0.25, 0.3) is 10.8 Å². The minimum atomic E-state index is -0.657. The summed E-state index contributed by atoms with van der Waals surface area (Å²) in [6, 6.07) is 14.3. The fourth-order valence-corrected chi connectivity index (χ4v) is 2.76. The summed E-state index contributed by atoms with van der Waals surface area (Å²) in [6.45, 7) is -0.495. The maximum Gasteiger partial charge on any atom is 0.339 e. The molecule has 27 heavy (non-hydrogen) atoms. The van der Waals surface area contributed by atoms with E-state index in [2.05, 4.69) is 0 Å². The second-order valence-electron chi connectivity index (χ2n) is 5.71. The number of rotatable bonds is 6. The molecular weight excluding hydrogens is 351 g/mol. The lowest BCUT2D eigenvalue weighted by Crippen LogP contribution is -2.15. The van der Waals surface area contributed by atoms with E-state index >= 15 is 0 Å². The quantitative estimate of drug-likeness (QED) is 0.485. The normalized spacial score (nSPS) is 10.5. The average molecular weight is 368 g/mol. The van der Waals surface area contributed by atoms with Gasteiger partial charge in [0.15, 0.2) is 24.0 Å². The Kier molecular flexibility index (Phi) is 5.35. The van der Waals surface area contributed by atoms with Crippen molar-refractivity contribution < 1.29 is 28.2 Å². The highest BCUT2D eigenvalue weighted by Gasteiger charge is 2.17. The molecule has 0 aliphatic carbocycles. The van der Waals surface area contributed by atoms with Gasteiger partial charge in [-0.1, -0.05) is 24.3 Å². The van der Waals surface area contributed by atoms with Gasteiger partial charge in [-0.15, -0.1) is 0 Å². The molecule has 138 valence electrons. The number of ketones is 1. The molecule has 0 amide bonds. The zero-order valence-electron chi connectivity index (χ0n) is 14.8. The minimum Gasteiger partial charge on any atom is -0.496 e. The number of carbonyl (C=O) groups excluding carboxylic acids is 2. The summed E-state index contributed by atoms with van der Waals surface area (Å²) in [5.41, 5.74) is 0.417. The molecule has 0 unspecified atom stereocenters. The molecule has 0 radical (unpaired) electrons. The molecule has 0 aliphatic rings. The predicted octanol–water partition coefficient (Wildman–Crippen LogP) is 4.04. The Morgan fingerprint density at radius 1 is 0.889 bits per heavy atom. The van der Waals surface area contributed by atoms with E-state index in [1.165, 1.54) is 19.2 Å². The molecule has 0 fully saturated rings. The zero-order valence-corrected chi connectivity index (χ0v) is 14.8. The van der Waals surface area contributed by atoms with Crippen molar-refractivity contribution in [3.8, 4) is 11.5 Å². The largest absolute Gasteiger partial charge is 0.496 e. The van der Waals surface area contributed by atoms with Gasteiger partial charge in [-0.05, 0) is 35.7 Å². The van der Waals surface area contributed by atoms with Gasteiger partial charge in [0.05, 0.1) is 19.8 Å². The molecule has 0 N–H and O–H groups in total. The highest BCUT2D eigenvalue weighted by Crippen LogP contribution is 2.28. The number of hydrogen-bond acceptors (Lipinski definition) is 5. The number of carbonyl (C=O) groups is 2. The van der Waals surface area contributed by atoms with Crippen LogP contribution in [0, 0.1) is 5.82 Å². The van der Waals surface area contributed by atoms with Crippen LogP contribution >= 0.6 is 0 Å². The Balaban J connectivity index is 1.77.